The fourth-order valence-corrected chi connectivity index (χ4v) is 2.96. The van der Waals surface area contributed by atoms with Crippen LogP contribution in [0.5, 0.6) is 0 Å². The maximum Gasteiger partial charge on any atom is 0.147 e. The number of thioether (sulfide) groups is 1. The Hall–Kier alpha value is -0.810. The van der Waals surface area contributed by atoms with Gasteiger partial charge in [-0.2, -0.15) is 0 Å². The highest BCUT2D eigenvalue weighted by molar-refractivity contribution is 7.99. The molecular weight excluding hydrogens is 244 g/mol. The molecule has 5 heteroatoms. The fourth-order valence-electron chi connectivity index (χ4n) is 1.71. The van der Waals surface area contributed by atoms with Gasteiger partial charge in [0.1, 0.15) is 16.7 Å². The van der Waals surface area contributed by atoms with E-state index in [1.54, 1.807) is 0 Å². The molecule has 1 saturated carbocycles. The van der Waals surface area contributed by atoms with Gasteiger partial charge in [0.25, 0.3) is 0 Å². The Bertz CT molecular complexity index is 416. The van der Waals surface area contributed by atoms with E-state index in [0.717, 1.165) is 33.9 Å². The smallest absolute Gasteiger partial charge is 0.147 e. The molecule has 4 nitrogen and oxygen atoms in total. The van der Waals surface area contributed by atoms with Gasteiger partial charge in [-0.3, -0.25) is 0 Å². The number of nitrogens with one attached hydrogen (secondary N) is 1. The van der Waals surface area contributed by atoms with E-state index in [1.807, 2.05) is 18.7 Å². The highest BCUT2D eigenvalue weighted by Crippen LogP contribution is 2.40. The molecule has 0 spiro atoms. The largest absolute Gasteiger partial charge is 0.308 e. The Kier molecular flexibility index (Phi) is 4.45. The lowest BCUT2D eigenvalue weighted by atomic mass is 10.2. The molecule has 1 aromatic heterocycles. The van der Waals surface area contributed by atoms with Crippen molar-refractivity contribution in [3.05, 3.63) is 11.4 Å². The quantitative estimate of drug-likeness (QED) is 0.358. The Morgan fingerprint density at radius 2 is 2.11 bits per heavy atom. The van der Waals surface area contributed by atoms with Crippen LogP contribution in [0.15, 0.2) is 5.03 Å². The van der Waals surface area contributed by atoms with E-state index in [2.05, 4.69) is 24.3 Å². The summed E-state index contributed by atoms with van der Waals surface area (Å²) in [5.41, 5.74) is 3.76. The Balaban J connectivity index is 2.13. The van der Waals surface area contributed by atoms with Crippen molar-refractivity contribution in [2.24, 2.45) is 11.8 Å². The highest BCUT2D eigenvalue weighted by atomic mass is 32.2. The Labute approximate surface area is 113 Å². The van der Waals surface area contributed by atoms with Crippen molar-refractivity contribution in [2.45, 2.75) is 51.0 Å². The number of hydrazine groups is 1. The Morgan fingerprint density at radius 1 is 1.39 bits per heavy atom. The summed E-state index contributed by atoms with van der Waals surface area (Å²) in [6.07, 6.45) is 3.63. The van der Waals surface area contributed by atoms with Gasteiger partial charge in [0.2, 0.25) is 0 Å². The molecular formula is C13H22N4S. The minimum atomic E-state index is 0.558. The van der Waals surface area contributed by atoms with Gasteiger partial charge in [-0.25, -0.2) is 15.8 Å². The molecule has 18 heavy (non-hydrogen) atoms. The molecule has 3 N–H and O–H groups in total. The van der Waals surface area contributed by atoms with Gasteiger partial charge in [0.05, 0.1) is 0 Å². The molecule has 1 fully saturated rings. The molecule has 0 saturated heterocycles. The van der Waals surface area contributed by atoms with Gasteiger partial charge in [-0.15, -0.1) is 11.8 Å². The standard InChI is InChI=1S/C13H22N4S/c1-8(2)6-7-18-13-9(3)11(17-14)15-12(16-13)10-4-5-10/h8,10H,4-7,14H2,1-3H3,(H,15,16,17). The third-order valence-electron chi connectivity index (χ3n) is 3.13. The maximum absolute atomic E-state index is 5.54. The number of nitrogens with two attached hydrogens (primary N) is 1. The zero-order chi connectivity index (χ0) is 13.1. The lowest BCUT2D eigenvalue weighted by Crippen LogP contribution is -2.13. The lowest BCUT2D eigenvalue weighted by Gasteiger charge is -2.12. The molecule has 1 aliphatic rings. The molecule has 0 radical (unpaired) electrons. The van der Waals surface area contributed by atoms with Crippen LogP contribution in [0.3, 0.4) is 0 Å². The molecule has 0 unspecified atom stereocenters. The van der Waals surface area contributed by atoms with Crippen LogP contribution in [0.25, 0.3) is 0 Å². The average Bonchev–Trinajstić information content (AvgIpc) is 3.15. The van der Waals surface area contributed by atoms with Crippen molar-refractivity contribution in [3.8, 4) is 0 Å². The predicted octanol–water partition coefficient (Wildman–Crippen LogP) is 3.09. The molecule has 0 amide bonds. The van der Waals surface area contributed by atoms with Crippen molar-refractivity contribution < 1.29 is 0 Å². The second kappa shape index (κ2) is 5.89. The van der Waals surface area contributed by atoms with Gasteiger partial charge < -0.3 is 5.43 Å². The molecule has 0 aliphatic heterocycles. The molecule has 2 rings (SSSR count). The van der Waals surface area contributed by atoms with Gasteiger partial charge in [0, 0.05) is 11.5 Å². The summed E-state index contributed by atoms with van der Waals surface area (Å²) in [6.45, 7) is 6.52. The van der Waals surface area contributed by atoms with Crippen LogP contribution in [0.1, 0.15) is 50.4 Å². The third kappa shape index (κ3) is 3.36. The molecule has 0 bridgehead atoms. The molecule has 0 atom stereocenters. The van der Waals surface area contributed by atoms with Crippen molar-refractivity contribution in [2.75, 3.05) is 11.2 Å². The summed E-state index contributed by atoms with van der Waals surface area (Å²) < 4.78 is 0. The van der Waals surface area contributed by atoms with E-state index < -0.39 is 0 Å². The predicted molar refractivity (Wildman–Crippen MR) is 76.7 cm³/mol. The van der Waals surface area contributed by atoms with E-state index in [9.17, 15) is 0 Å². The van der Waals surface area contributed by atoms with Gasteiger partial charge in [0.15, 0.2) is 0 Å². The summed E-state index contributed by atoms with van der Waals surface area (Å²) in [5, 5.41) is 1.08. The molecule has 1 aromatic rings. The first-order chi connectivity index (χ1) is 8.61. The Morgan fingerprint density at radius 3 is 2.67 bits per heavy atom. The van der Waals surface area contributed by atoms with Crippen LogP contribution >= 0.6 is 11.8 Å². The minimum Gasteiger partial charge on any atom is -0.308 e. The topological polar surface area (TPSA) is 63.8 Å². The number of nitrogen functional groups attached to an aromatic ring is 1. The normalized spacial score (nSPS) is 15.2. The molecule has 1 heterocycles. The van der Waals surface area contributed by atoms with Crippen LogP contribution in [-0.4, -0.2) is 15.7 Å². The van der Waals surface area contributed by atoms with E-state index >= 15 is 0 Å². The SMILES string of the molecule is Cc1c(NN)nc(C2CC2)nc1SCCC(C)C. The summed E-state index contributed by atoms with van der Waals surface area (Å²) in [4.78, 5) is 9.19. The average molecular weight is 266 g/mol. The van der Waals surface area contributed by atoms with Crippen LogP contribution in [0, 0.1) is 12.8 Å². The first-order valence-corrected chi connectivity index (χ1v) is 7.58. The van der Waals surface area contributed by atoms with E-state index in [4.69, 9.17) is 10.8 Å². The van der Waals surface area contributed by atoms with Crippen molar-refractivity contribution >= 4 is 17.6 Å². The first kappa shape index (κ1) is 13.6. The fraction of sp³-hybridized carbons (Fsp3) is 0.692. The molecule has 0 aromatic carbocycles. The van der Waals surface area contributed by atoms with Gasteiger partial charge in [-0.05, 0) is 37.9 Å². The van der Waals surface area contributed by atoms with Gasteiger partial charge >= 0.3 is 0 Å². The van der Waals surface area contributed by atoms with Crippen molar-refractivity contribution in [1.29, 1.82) is 0 Å². The number of hydrogen-bond acceptors (Lipinski definition) is 5. The van der Waals surface area contributed by atoms with E-state index in [0.29, 0.717) is 5.92 Å². The van der Waals surface area contributed by atoms with Crippen LogP contribution in [-0.2, 0) is 0 Å². The van der Waals surface area contributed by atoms with Gasteiger partial charge in [-0.1, -0.05) is 13.8 Å². The second-order valence-electron chi connectivity index (χ2n) is 5.31. The molecule has 1 aliphatic carbocycles. The highest BCUT2D eigenvalue weighted by Gasteiger charge is 2.28. The summed E-state index contributed by atoms with van der Waals surface area (Å²) in [6, 6.07) is 0. The molecule has 100 valence electrons. The van der Waals surface area contributed by atoms with Crippen LogP contribution < -0.4 is 11.3 Å². The third-order valence-corrected chi connectivity index (χ3v) is 4.24. The number of rotatable bonds is 6. The van der Waals surface area contributed by atoms with E-state index in [1.165, 1.54) is 19.3 Å². The number of nitrogens with zero attached hydrogens (tertiary/aromatic N) is 2. The second-order valence-corrected chi connectivity index (χ2v) is 6.39. The minimum absolute atomic E-state index is 0.558. The number of aromatic nitrogens is 2. The maximum atomic E-state index is 5.54. The van der Waals surface area contributed by atoms with E-state index in [-0.39, 0.29) is 0 Å². The summed E-state index contributed by atoms with van der Waals surface area (Å²) in [5.74, 6) is 9.66. The zero-order valence-electron chi connectivity index (χ0n) is 11.4. The number of anilines is 1. The first-order valence-electron chi connectivity index (χ1n) is 6.59. The van der Waals surface area contributed by atoms with Crippen LogP contribution in [0.4, 0.5) is 5.82 Å². The summed E-state index contributed by atoms with van der Waals surface area (Å²) in [7, 11) is 0. The summed E-state index contributed by atoms with van der Waals surface area (Å²) >= 11 is 1.82. The van der Waals surface area contributed by atoms with Crippen LogP contribution in [0.2, 0.25) is 0 Å². The number of hydrogen-bond donors (Lipinski definition) is 2. The van der Waals surface area contributed by atoms with Crippen molar-refractivity contribution in [1.82, 2.24) is 9.97 Å². The lowest BCUT2D eigenvalue weighted by molar-refractivity contribution is 0.631. The monoisotopic (exact) mass is 266 g/mol. The van der Waals surface area contributed by atoms with Crippen molar-refractivity contribution in [3.63, 3.8) is 0 Å². The zero-order valence-corrected chi connectivity index (χ0v) is 12.2.